The summed E-state index contributed by atoms with van der Waals surface area (Å²) < 4.78 is 5.44. The van der Waals surface area contributed by atoms with Gasteiger partial charge in [-0.1, -0.05) is 38.5 Å². The maximum Gasteiger partial charge on any atom is 0.329 e. The number of ether oxygens (including phenoxy) is 1. The van der Waals surface area contributed by atoms with Crippen molar-refractivity contribution < 1.29 is 19.1 Å². The minimum atomic E-state index is -0.851. The van der Waals surface area contributed by atoms with Crippen molar-refractivity contribution >= 4 is 17.8 Å². The number of nitrogens with one attached hydrogen (secondary N) is 1. The van der Waals surface area contributed by atoms with Crippen LogP contribution < -0.4 is 5.32 Å². The number of carbonyl (C=O) groups is 3. The van der Waals surface area contributed by atoms with Crippen LogP contribution in [-0.4, -0.2) is 47.9 Å². The Morgan fingerprint density at radius 3 is 2.30 bits per heavy atom. The number of rotatable bonds is 7. The summed E-state index contributed by atoms with van der Waals surface area (Å²) in [5, 5.41) is 2.77. The second-order valence-corrected chi connectivity index (χ2v) is 7.17. The number of nitrogens with zero attached hydrogens (tertiary/aromatic N) is 1. The van der Waals surface area contributed by atoms with Crippen molar-refractivity contribution in [2.75, 3.05) is 13.1 Å². The van der Waals surface area contributed by atoms with E-state index < -0.39 is 18.1 Å². The zero-order chi connectivity index (χ0) is 19.8. The fraction of sp³-hybridized carbons (Fsp3) is 0.571. The van der Waals surface area contributed by atoms with Gasteiger partial charge in [-0.15, -0.1) is 0 Å². The monoisotopic (exact) mass is 374 g/mol. The Morgan fingerprint density at radius 2 is 1.70 bits per heavy atom. The average Bonchev–Trinajstić information content (AvgIpc) is 2.71. The topological polar surface area (TPSA) is 75.7 Å². The third-order valence-corrected chi connectivity index (χ3v) is 5.10. The highest BCUT2D eigenvalue weighted by atomic mass is 16.5. The average molecular weight is 374 g/mol. The van der Waals surface area contributed by atoms with E-state index >= 15 is 0 Å². The van der Waals surface area contributed by atoms with E-state index in [1.54, 1.807) is 36.1 Å². The molecule has 1 N–H and O–H groups in total. The van der Waals surface area contributed by atoms with Crippen molar-refractivity contribution in [2.24, 2.45) is 5.92 Å². The molecule has 2 rings (SSSR count). The number of hydrogen-bond donors (Lipinski definition) is 1. The van der Waals surface area contributed by atoms with Gasteiger partial charge in [0.15, 0.2) is 6.10 Å². The van der Waals surface area contributed by atoms with Crippen molar-refractivity contribution in [3.05, 3.63) is 35.9 Å². The molecule has 2 amide bonds. The number of hydrogen-bond acceptors (Lipinski definition) is 4. The molecule has 1 fully saturated rings. The molecule has 1 aliphatic rings. The molecule has 0 saturated carbocycles. The number of likely N-dealkylation sites (tertiary alicyclic amines) is 1. The molecule has 1 heterocycles. The van der Waals surface area contributed by atoms with Gasteiger partial charge in [0, 0.05) is 18.7 Å². The van der Waals surface area contributed by atoms with Gasteiger partial charge in [0.25, 0.3) is 11.8 Å². The highest BCUT2D eigenvalue weighted by Crippen LogP contribution is 2.15. The molecule has 0 unspecified atom stereocenters. The van der Waals surface area contributed by atoms with Gasteiger partial charge in [0.1, 0.15) is 6.04 Å². The quantitative estimate of drug-likeness (QED) is 0.745. The summed E-state index contributed by atoms with van der Waals surface area (Å²) in [5.41, 5.74) is 0.482. The SMILES string of the molecule is CC[C@H](C)[C@@H](NC(=O)c1ccccc1)C(=O)O[C@@H](C)C(=O)N1CCCCC1. The molecule has 1 aromatic carbocycles. The van der Waals surface area contributed by atoms with Crippen LogP contribution in [0.25, 0.3) is 0 Å². The van der Waals surface area contributed by atoms with Gasteiger partial charge in [-0.3, -0.25) is 9.59 Å². The van der Waals surface area contributed by atoms with Crippen LogP contribution >= 0.6 is 0 Å². The molecule has 27 heavy (non-hydrogen) atoms. The number of carbonyl (C=O) groups excluding carboxylic acids is 3. The van der Waals surface area contributed by atoms with E-state index in [1.807, 2.05) is 19.9 Å². The van der Waals surface area contributed by atoms with Gasteiger partial charge in [-0.2, -0.15) is 0 Å². The molecular weight excluding hydrogens is 344 g/mol. The van der Waals surface area contributed by atoms with Gasteiger partial charge in [-0.25, -0.2) is 4.79 Å². The first-order chi connectivity index (χ1) is 12.9. The molecule has 0 bridgehead atoms. The first-order valence-corrected chi connectivity index (χ1v) is 9.79. The third kappa shape index (κ3) is 5.81. The fourth-order valence-electron chi connectivity index (χ4n) is 3.15. The molecule has 1 aliphatic heterocycles. The van der Waals surface area contributed by atoms with Gasteiger partial charge in [0.2, 0.25) is 0 Å². The normalized spacial score (nSPS) is 17.5. The minimum Gasteiger partial charge on any atom is -0.451 e. The van der Waals surface area contributed by atoms with Crippen molar-refractivity contribution in [2.45, 2.75) is 58.6 Å². The summed E-state index contributed by atoms with van der Waals surface area (Å²) in [6.07, 6.45) is 2.93. The smallest absolute Gasteiger partial charge is 0.329 e. The van der Waals surface area contributed by atoms with Crippen molar-refractivity contribution in [1.29, 1.82) is 0 Å². The molecule has 3 atom stereocenters. The molecule has 1 aromatic rings. The Labute approximate surface area is 161 Å². The number of amides is 2. The molecule has 6 nitrogen and oxygen atoms in total. The number of benzene rings is 1. The summed E-state index contributed by atoms with van der Waals surface area (Å²) in [5.74, 6) is -1.16. The summed E-state index contributed by atoms with van der Waals surface area (Å²) >= 11 is 0. The van der Waals surface area contributed by atoms with E-state index in [2.05, 4.69) is 5.32 Å². The van der Waals surface area contributed by atoms with Crippen LogP contribution in [0.5, 0.6) is 0 Å². The van der Waals surface area contributed by atoms with E-state index in [0.29, 0.717) is 25.1 Å². The fourth-order valence-corrected chi connectivity index (χ4v) is 3.15. The lowest BCUT2D eigenvalue weighted by molar-refractivity contribution is -0.162. The van der Waals surface area contributed by atoms with Crippen molar-refractivity contribution in [3.63, 3.8) is 0 Å². The van der Waals surface area contributed by atoms with Crippen LogP contribution in [0.2, 0.25) is 0 Å². The van der Waals surface area contributed by atoms with Crippen LogP contribution in [0.4, 0.5) is 0 Å². The number of esters is 1. The van der Waals surface area contributed by atoms with E-state index in [0.717, 1.165) is 19.3 Å². The Kier molecular flexibility index (Phi) is 7.82. The molecule has 0 spiro atoms. The lowest BCUT2D eigenvalue weighted by Gasteiger charge is -2.30. The van der Waals surface area contributed by atoms with Gasteiger partial charge in [-0.05, 0) is 44.2 Å². The molecule has 0 aromatic heterocycles. The lowest BCUT2D eigenvalue weighted by Crippen LogP contribution is -2.49. The molecule has 1 saturated heterocycles. The van der Waals surface area contributed by atoms with Gasteiger partial charge in [0.05, 0.1) is 0 Å². The van der Waals surface area contributed by atoms with Gasteiger partial charge >= 0.3 is 5.97 Å². The molecule has 148 valence electrons. The Balaban J connectivity index is 2.01. The van der Waals surface area contributed by atoms with Crippen molar-refractivity contribution in [3.8, 4) is 0 Å². The summed E-state index contributed by atoms with van der Waals surface area (Å²) in [4.78, 5) is 39.4. The summed E-state index contributed by atoms with van der Waals surface area (Å²) in [6.45, 7) is 6.85. The minimum absolute atomic E-state index is 0.109. The standard InChI is InChI=1S/C21H30N2O4/c1-4-15(2)18(22-19(24)17-11-7-5-8-12-17)21(26)27-16(3)20(25)23-13-9-6-10-14-23/h5,7-8,11-12,15-16,18H,4,6,9-10,13-14H2,1-3H3,(H,22,24)/t15-,16-,18+/m0/s1. The van der Waals surface area contributed by atoms with E-state index in [4.69, 9.17) is 4.74 Å². The summed E-state index contributed by atoms with van der Waals surface area (Å²) in [7, 11) is 0. The van der Waals surface area contributed by atoms with Crippen LogP contribution in [-0.2, 0) is 14.3 Å². The second kappa shape index (κ2) is 10.1. The zero-order valence-electron chi connectivity index (χ0n) is 16.4. The summed E-state index contributed by atoms with van der Waals surface area (Å²) in [6, 6.07) is 7.95. The molecule has 0 radical (unpaired) electrons. The predicted molar refractivity (Wildman–Crippen MR) is 103 cm³/mol. The van der Waals surface area contributed by atoms with Crippen LogP contribution in [0.1, 0.15) is 56.8 Å². The second-order valence-electron chi connectivity index (χ2n) is 7.17. The van der Waals surface area contributed by atoms with E-state index in [9.17, 15) is 14.4 Å². The molecule has 6 heteroatoms. The Morgan fingerprint density at radius 1 is 1.07 bits per heavy atom. The highest BCUT2D eigenvalue weighted by molar-refractivity contribution is 5.97. The molecule has 0 aliphatic carbocycles. The molecular formula is C21H30N2O4. The van der Waals surface area contributed by atoms with Crippen LogP contribution in [0.15, 0.2) is 30.3 Å². The zero-order valence-corrected chi connectivity index (χ0v) is 16.4. The first-order valence-electron chi connectivity index (χ1n) is 9.79. The van der Waals surface area contributed by atoms with Crippen LogP contribution in [0, 0.1) is 5.92 Å². The van der Waals surface area contributed by atoms with E-state index in [1.165, 1.54) is 0 Å². The van der Waals surface area contributed by atoms with Gasteiger partial charge < -0.3 is 15.0 Å². The maximum atomic E-state index is 12.7. The maximum absolute atomic E-state index is 12.7. The predicted octanol–water partition coefficient (Wildman–Crippen LogP) is 2.78. The number of piperidine rings is 1. The Bertz CT molecular complexity index is 641. The van der Waals surface area contributed by atoms with E-state index in [-0.39, 0.29) is 17.7 Å². The highest BCUT2D eigenvalue weighted by Gasteiger charge is 2.32. The largest absolute Gasteiger partial charge is 0.451 e. The van der Waals surface area contributed by atoms with Crippen LogP contribution in [0.3, 0.4) is 0 Å². The third-order valence-electron chi connectivity index (χ3n) is 5.10. The lowest BCUT2D eigenvalue weighted by atomic mass is 9.98. The van der Waals surface area contributed by atoms with Crippen molar-refractivity contribution in [1.82, 2.24) is 10.2 Å². The Hall–Kier alpha value is -2.37. The first kappa shape index (κ1) is 20.9.